The minimum Gasteiger partial charge on any atom is -0.444 e. The fourth-order valence-corrected chi connectivity index (χ4v) is 6.76. The molecule has 1 aliphatic rings. The van der Waals surface area contributed by atoms with Crippen molar-refractivity contribution in [3.05, 3.63) is 88.4 Å². The van der Waals surface area contributed by atoms with Gasteiger partial charge in [-0.1, -0.05) is 60.7 Å². The van der Waals surface area contributed by atoms with Gasteiger partial charge in [-0.3, -0.25) is 14.7 Å². The number of hydrogen-bond acceptors (Lipinski definition) is 8. The minimum atomic E-state index is -0.629. The third-order valence-corrected chi connectivity index (χ3v) is 8.90. The van der Waals surface area contributed by atoms with E-state index >= 15 is 0 Å². The molecule has 2 heterocycles. The lowest BCUT2D eigenvalue weighted by atomic mass is 9.86. The first kappa shape index (κ1) is 32.5. The van der Waals surface area contributed by atoms with E-state index in [0.717, 1.165) is 28.8 Å². The summed E-state index contributed by atoms with van der Waals surface area (Å²) < 4.78 is 11.1. The van der Waals surface area contributed by atoms with E-state index < -0.39 is 23.8 Å². The standard InChI is InChI=1S/C33H41N3O5S2/c1-33(2,3)41-32(39)36-23-42-21-29(36)30(37)18-26(16-24-10-6-4-7-11-24)14-15-27(17-25-12-8-5-9-13-25)35-31(38)40-20-28-19-34-22-43-28/h4-13,19,22,26-27,29H,14-18,20-21,23H2,1-3H3,(H,35,38)/t26-,27-,29+/m1/s1. The first-order chi connectivity index (χ1) is 20.7. The smallest absolute Gasteiger partial charge is 0.411 e. The highest BCUT2D eigenvalue weighted by Gasteiger charge is 2.37. The van der Waals surface area contributed by atoms with Gasteiger partial charge in [-0.25, -0.2) is 9.59 Å². The maximum atomic E-state index is 13.7. The number of nitrogens with zero attached hydrogens (tertiary/aromatic N) is 2. The number of benzene rings is 2. The number of carbonyl (C=O) groups excluding carboxylic acids is 3. The van der Waals surface area contributed by atoms with E-state index in [9.17, 15) is 14.4 Å². The topological polar surface area (TPSA) is 97.8 Å². The summed E-state index contributed by atoms with van der Waals surface area (Å²) in [5.41, 5.74) is 3.35. The summed E-state index contributed by atoms with van der Waals surface area (Å²) in [5, 5.41) is 3.06. The molecular formula is C33H41N3O5S2. The first-order valence-electron chi connectivity index (χ1n) is 14.6. The highest BCUT2D eigenvalue weighted by molar-refractivity contribution is 7.99. The van der Waals surface area contributed by atoms with Gasteiger partial charge < -0.3 is 14.8 Å². The van der Waals surface area contributed by atoms with E-state index in [1.807, 2.05) is 69.3 Å². The Morgan fingerprint density at radius 2 is 1.67 bits per heavy atom. The van der Waals surface area contributed by atoms with Crippen molar-refractivity contribution in [3.63, 3.8) is 0 Å². The van der Waals surface area contributed by atoms with Crippen molar-refractivity contribution < 1.29 is 23.9 Å². The van der Waals surface area contributed by atoms with E-state index in [4.69, 9.17) is 9.47 Å². The Labute approximate surface area is 262 Å². The molecule has 43 heavy (non-hydrogen) atoms. The largest absolute Gasteiger partial charge is 0.444 e. The van der Waals surface area contributed by atoms with Gasteiger partial charge in [-0.05, 0) is 63.5 Å². The number of amides is 2. The zero-order chi connectivity index (χ0) is 30.7. The number of ketones is 1. The molecule has 0 unspecified atom stereocenters. The van der Waals surface area contributed by atoms with Crippen LogP contribution in [-0.4, -0.2) is 57.2 Å². The number of thiazole rings is 1. The molecule has 2 amide bonds. The number of alkyl carbamates (subject to hydrolysis) is 1. The molecule has 230 valence electrons. The quantitative estimate of drug-likeness (QED) is 0.221. The van der Waals surface area contributed by atoms with E-state index in [1.165, 1.54) is 11.3 Å². The Balaban J connectivity index is 1.43. The molecule has 0 radical (unpaired) electrons. The number of ether oxygens (including phenoxy) is 2. The minimum absolute atomic E-state index is 0.0364. The van der Waals surface area contributed by atoms with Gasteiger partial charge in [0.1, 0.15) is 18.2 Å². The molecule has 1 aromatic heterocycles. The van der Waals surface area contributed by atoms with Crippen LogP contribution in [0.4, 0.5) is 9.59 Å². The summed E-state index contributed by atoms with van der Waals surface area (Å²) in [7, 11) is 0. The normalized spacial score (nSPS) is 16.3. The molecule has 0 spiro atoms. The highest BCUT2D eigenvalue weighted by atomic mass is 32.2. The van der Waals surface area contributed by atoms with Crippen LogP contribution in [0.25, 0.3) is 0 Å². The lowest BCUT2D eigenvalue weighted by Crippen LogP contribution is -2.45. The molecule has 0 saturated carbocycles. The van der Waals surface area contributed by atoms with Gasteiger partial charge in [0.15, 0.2) is 5.78 Å². The summed E-state index contributed by atoms with van der Waals surface area (Å²) in [6, 6.07) is 19.5. The van der Waals surface area contributed by atoms with Gasteiger partial charge >= 0.3 is 12.2 Å². The SMILES string of the molecule is CC(C)(C)OC(=O)N1CSC[C@H]1C(=O)C[C@H](CC[C@H](Cc1ccccc1)NC(=O)OCc1cncs1)Cc1ccccc1. The summed E-state index contributed by atoms with van der Waals surface area (Å²) in [6.45, 7) is 5.66. The molecule has 1 aliphatic heterocycles. The van der Waals surface area contributed by atoms with Gasteiger partial charge in [0.05, 0.1) is 16.3 Å². The second kappa shape index (κ2) is 15.9. The monoisotopic (exact) mass is 623 g/mol. The molecule has 0 aliphatic carbocycles. The lowest BCUT2D eigenvalue weighted by molar-refractivity contribution is -0.124. The molecule has 1 saturated heterocycles. The molecule has 1 N–H and O–H groups in total. The van der Waals surface area contributed by atoms with Crippen molar-refractivity contribution in [3.8, 4) is 0 Å². The van der Waals surface area contributed by atoms with Crippen LogP contribution < -0.4 is 5.32 Å². The highest BCUT2D eigenvalue weighted by Crippen LogP contribution is 2.28. The van der Waals surface area contributed by atoms with Crippen LogP contribution in [0.1, 0.15) is 56.0 Å². The van der Waals surface area contributed by atoms with Crippen LogP contribution in [0, 0.1) is 5.92 Å². The van der Waals surface area contributed by atoms with E-state index in [-0.39, 0.29) is 24.3 Å². The summed E-state index contributed by atoms with van der Waals surface area (Å²) in [6.07, 6.45) is 3.89. The van der Waals surface area contributed by atoms with Gasteiger partial charge in [0.2, 0.25) is 0 Å². The number of thioether (sulfide) groups is 1. The van der Waals surface area contributed by atoms with E-state index in [1.54, 1.807) is 28.4 Å². The van der Waals surface area contributed by atoms with Crippen LogP contribution in [0.15, 0.2) is 72.4 Å². The van der Waals surface area contributed by atoms with Crippen molar-refractivity contribution in [2.24, 2.45) is 5.92 Å². The van der Waals surface area contributed by atoms with Crippen molar-refractivity contribution in [2.45, 2.75) is 77.2 Å². The van der Waals surface area contributed by atoms with Crippen LogP contribution in [-0.2, 0) is 33.7 Å². The maximum absolute atomic E-state index is 13.7. The first-order valence-corrected chi connectivity index (χ1v) is 16.7. The average molecular weight is 624 g/mol. The van der Waals surface area contributed by atoms with Crippen LogP contribution in [0.2, 0.25) is 0 Å². The average Bonchev–Trinajstić information content (AvgIpc) is 3.68. The maximum Gasteiger partial charge on any atom is 0.411 e. The molecule has 10 heteroatoms. The number of nitrogens with one attached hydrogen (secondary N) is 1. The number of Topliss-reactive ketones (excluding diaryl/α,β-unsaturated/α-hetero) is 1. The molecular weight excluding hydrogens is 583 g/mol. The van der Waals surface area contributed by atoms with Gasteiger partial charge in [0, 0.05) is 24.4 Å². The van der Waals surface area contributed by atoms with Crippen LogP contribution >= 0.6 is 23.1 Å². The molecule has 3 aromatic rings. The molecule has 8 nitrogen and oxygen atoms in total. The fourth-order valence-electron chi connectivity index (χ4n) is 5.07. The van der Waals surface area contributed by atoms with Gasteiger partial charge in [-0.15, -0.1) is 23.1 Å². The number of rotatable bonds is 13. The number of aromatic nitrogens is 1. The Morgan fingerprint density at radius 1 is 1.00 bits per heavy atom. The van der Waals surface area contributed by atoms with Crippen molar-refractivity contribution in [2.75, 3.05) is 11.6 Å². The molecule has 2 aromatic carbocycles. The van der Waals surface area contributed by atoms with Crippen molar-refractivity contribution >= 4 is 41.1 Å². The van der Waals surface area contributed by atoms with Gasteiger partial charge in [-0.2, -0.15) is 0 Å². The predicted octanol–water partition coefficient (Wildman–Crippen LogP) is 6.89. The Hall–Kier alpha value is -3.37. The second-order valence-corrected chi connectivity index (χ2v) is 13.8. The van der Waals surface area contributed by atoms with Crippen molar-refractivity contribution in [1.29, 1.82) is 0 Å². The molecule has 0 bridgehead atoms. The lowest BCUT2D eigenvalue weighted by Gasteiger charge is -2.28. The Kier molecular flexibility index (Phi) is 12.0. The molecule has 3 atom stereocenters. The van der Waals surface area contributed by atoms with Crippen LogP contribution in [0.5, 0.6) is 0 Å². The van der Waals surface area contributed by atoms with E-state index in [0.29, 0.717) is 30.9 Å². The van der Waals surface area contributed by atoms with Gasteiger partial charge in [0.25, 0.3) is 0 Å². The number of hydrogen-bond donors (Lipinski definition) is 1. The Morgan fingerprint density at radius 3 is 2.30 bits per heavy atom. The third kappa shape index (κ3) is 11.0. The van der Waals surface area contributed by atoms with E-state index in [2.05, 4.69) is 22.4 Å². The van der Waals surface area contributed by atoms with Crippen LogP contribution in [0.3, 0.4) is 0 Å². The Bertz CT molecular complexity index is 1300. The van der Waals surface area contributed by atoms with Crippen molar-refractivity contribution in [1.82, 2.24) is 15.2 Å². The molecule has 4 rings (SSSR count). The number of carbonyl (C=O) groups is 3. The third-order valence-electron chi connectivity index (χ3n) is 7.14. The predicted molar refractivity (Wildman–Crippen MR) is 171 cm³/mol. The summed E-state index contributed by atoms with van der Waals surface area (Å²) in [4.78, 5) is 45.8. The summed E-state index contributed by atoms with van der Waals surface area (Å²) in [5.74, 6) is 1.10. The summed E-state index contributed by atoms with van der Waals surface area (Å²) >= 11 is 3.01. The molecule has 1 fully saturated rings. The zero-order valence-electron chi connectivity index (χ0n) is 25.1. The fraction of sp³-hybridized carbons (Fsp3) is 0.455. The second-order valence-electron chi connectivity index (χ2n) is 11.8. The zero-order valence-corrected chi connectivity index (χ0v) is 26.7.